The third kappa shape index (κ3) is 7.10. The average molecular weight is 267 g/mol. The summed E-state index contributed by atoms with van der Waals surface area (Å²) < 4.78 is 0. The summed E-state index contributed by atoms with van der Waals surface area (Å²) in [5.74, 6) is 2.33. The van der Waals surface area contributed by atoms with Gasteiger partial charge < -0.3 is 0 Å². The van der Waals surface area contributed by atoms with Gasteiger partial charge in [0.25, 0.3) is 0 Å². The summed E-state index contributed by atoms with van der Waals surface area (Å²) in [6.07, 6.45) is 7.21. The highest BCUT2D eigenvalue weighted by Crippen LogP contribution is 2.25. The van der Waals surface area contributed by atoms with Crippen molar-refractivity contribution in [2.45, 2.75) is 66.2 Å². The van der Waals surface area contributed by atoms with Crippen LogP contribution in [0.1, 0.15) is 66.2 Å². The number of carbonyl (C=O) groups excluding carboxylic acids is 1. The minimum absolute atomic E-state index is 0.376. The molecule has 0 aromatic carbocycles. The molecule has 0 aromatic rings. The van der Waals surface area contributed by atoms with Crippen molar-refractivity contribution in [3.63, 3.8) is 0 Å². The Kier molecular flexibility index (Phi) is 7.67. The Balaban J connectivity index is 2.39. The van der Waals surface area contributed by atoms with Gasteiger partial charge in [-0.2, -0.15) is 0 Å². The van der Waals surface area contributed by atoms with E-state index < -0.39 is 0 Å². The van der Waals surface area contributed by atoms with E-state index in [-0.39, 0.29) is 0 Å². The molecule has 2 heteroatoms. The second-order valence-electron chi connectivity index (χ2n) is 7.09. The van der Waals surface area contributed by atoms with E-state index in [0.29, 0.717) is 18.2 Å². The molecule has 1 rings (SSSR count). The fourth-order valence-corrected chi connectivity index (χ4v) is 2.75. The molecule has 0 aliphatic heterocycles. The largest absolute Gasteiger partial charge is 0.298 e. The molecule has 1 fully saturated rings. The lowest BCUT2D eigenvalue weighted by atomic mass is 10.0. The lowest BCUT2D eigenvalue weighted by Crippen LogP contribution is -2.35. The van der Waals surface area contributed by atoms with Crippen molar-refractivity contribution in [3.8, 4) is 0 Å². The van der Waals surface area contributed by atoms with Crippen molar-refractivity contribution in [1.82, 2.24) is 4.90 Å². The molecule has 1 aliphatic rings. The Morgan fingerprint density at radius 3 is 1.89 bits per heavy atom. The quantitative estimate of drug-likeness (QED) is 0.626. The molecule has 0 amide bonds. The summed E-state index contributed by atoms with van der Waals surface area (Å²) in [6.45, 7) is 11.9. The molecule has 1 saturated carbocycles. The van der Waals surface area contributed by atoms with Crippen molar-refractivity contribution in [1.29, 1.82) is 0 Å². The van der Waals surface area contributed by atoms with Crippen molar-refractivity contribution in [3.05, 3.63) is 0 Å². The maximum absolute atomic E-state index is 12.3. The van der Waals surface area contributed by atoms with Gasteiger partial charge in [-0.25, -0.2) is 0 Å². The van der Waals surface area contributed by atoms with E-state index in [2.05, 4.69) is 32.6 Å². The molecule has 19 heavy (non-hydrogen) atoms. The maximum atomic E-state index is 12.3. The standard InChI is InChI=1S/C17H33NO/c1-14(2)9-11-18(12-10-15(3)4)13-17(19)16-7-5-6-8-16/h14-16H,5-13H2,1-4H3. The molecular formula is C17H33NO. The lowest BCUT2D eigenvalue weighted by molar-refractivity contribution is -0.123. The third-order valence-electron chi connectivity index (χ3n) is 4.24. The molecule has 0 saturated heterocycles. The van der Waals surface area contributed by atoms with E-state index in [0.717, 1.165) is 37.8 Å². The van der Waals surface area contributed by atoms with E-state index in [1.165, 1.54) is 25.7 Å². The van der Waals surface area contributed by atoms with E-state index in [9.17, 15) is 4.79 Å². The van der Waals surface area contributed by atoms with Crippen LogP contribution >= 0.6 is 0 Å². The molecule has 0 bridgehead atoms. The molecule has 0 unspecified atom stereocenters. The van der Waals surface area contributed by atoms with Crippen molar-refractivity contribution in [2.24, 2.45) is 17.8 Å². The van der Waals surface area contributed by atoms with E-state index in [1.54, 1.807) is 0 Å². The van der Waals surface area contributed by atoms with Crippen molar-refractivity contribution >= 4 is 5.78 Å². The van der Waals surface area contributed by atoms with Crippen LogP contribution in [0.15, 0.2) is 0 Å². The van der Waals surface area contributed by atoms with Crippen molar-refractivity contribution < 1.29 is 4.79 Å². The highest BCUT2D eigenvalue weighted by atomic mass is 16.1. The van der Waals surface area contributed by atoms with Crippen LogP contribution in [-0.2, 0) is 4.79 Å². The number of ketones is 1. The zero-order chi connectivity index (χ0) is 14.3. The summed E-state index contributed by atoms with van der Waals surface area (Å²) in [4.78, 5) is 14.7. The molecular weight excluding hydrogens is 234 g/mol. The van der Waals surface area contributed by atoms with E-state index in [1.807, 2.05) is 0 Å². The van der Waals surface area contributed by atoms with Crippen molar-refractivity contribution in [2.75, 3.05) is 19.6 Å². The maximum Gasteiger partial charge on any atom is 0.149 e. The molecule has 0 N–H and O–H groups in total. The first-order valence-electron chi connectivity index (χ1n) is 8.24. The predicted molar refractivity (Wildman–Crippen MR) is 82.3 cm³/mol. The van der Waals surface area contributed by atoms with Gasteiger partial charge in [-0.3, -0.25) is 9.69 Å². The van der Waals surface area contributed by atoms with Gasteiger partial charge in [-0.05, 0) is 50.6 Å². The molecule has 0 heterocycles. The van der Waals surface area contributed by atoms with E-state index in [4.69, 9.17) is 0 Å². The van der Waals surface area contributed by atoms with Crippen LogP contribution in [-0.4, -0.2) is 30.3 Å². The number of hydrogen-bond donors (Lipinski definition) is 0. The molecule has 0 atom stereocenters. The topological polar surface area (TPSA) is 20.3 Å². The Labute approximate surface area is 119 Å². The van der Waals surface area contributed by atoms with Crippen LogP contribution in [0.5, 0.6) is 0 Å². The predicted octanol–water partition coefficient (Wildman–Crippen LogP) is 4.14. The van der Waals surface area contributed by atoms with Gasteiger partial charge in [-0.15, -0.1) is 0 Å². The minimum Gasteiger partial charge on any atom is -0.298 e. The minimum atomic E-state index is 0.376. The Hall–Kier alpha value is -0.370. The Morgan fingerprint density at radius 2 is 1.47 bits per heavy atom. The van der Waals surface area contributed by atoms with Gasteiger partial charge in [-0.1, -0.05) is 40.5 Å². The number of nitrogens with zero attached hydrogens (tertiary/aromatic N) is 1. The van der Waals surface area contributed by atoms with Gasteiger partial charge >= 0.3 is 0 Å². The molecule has 1 aliphatic carbocycles. The number of rotatable bonds is 9. The summed E-state index contributed by atoms with van der Waals surface area (Å²) in [5.41, 5.74) is 0. The Bertz CT molecular complexity index is 242. The van der Waals surface area contributed by atoms with Gasteiger partial charge in [0.1, 0.15) is 5.78 Å². The van der Waals surface area contributed by atoms with Crippen LogP contribution in [0, 0.1) is 17.8 Å². The molecule has 0 radical (unpaired) electrons. The normalized spacial score (nSPS) is 17.0. The smallest absolute Gasteiger partial charge is 0.149 e. The SMILES string of the molecule is CC(C)CCN(CCC(C)C)CC(=O)C1CCCC1. The monoisotopic (exact) mass is 267 g/mol. The van der Waals surface area contributed by atoms with Crippen LogP contribution in [0.2, 0.25) is 0 Å². The summed E-state index contributed by atoms with van der Waals surface area (Å²) in [6, 6.07) is 0. The number of carbonyl (C=O) groups is 1. The first kappa shape index (κ1) is 16.7. The van der Waals surface area contributed by atoms with E-state index >= 15 is 0 Å². The zero-order valence-electron chi connectivity index (χ0n) is 13.5. The van der Waals surface area contributed by atoms with Crippen LogP contribution in [0.4, 0.5) is 0 Å². The first-order chi connectivity index (χ1) is 8.99. The highest BCUT2D eigenvalue weighted by Gasteiger charge is 2.24. The van der Waals surface area contributed by atoms with Crippen LogP contribution in [0.25, 0.3) is 0 Å². The molecule has 0 spiro atoms. The van der Waals surface area contributed by atoms with Gasteiger partial charge in [0.2, 0.25) is 0 Å². The fraction of sp³-hybridized carbons (Fsp3) is 0.941. The summed E-state index contributed by atoms with van der Waals surface area (Å²) >= 11 is 0. The third-order valence-corrected chi connectivity index (χ3v) is 4.24. The van der Waals surface area contributed by atoms with Gasteiger partial charge in [0.15, 0.2) is 0 Å². The lowest BCUT2D eigenvalue weighted by Gasteiger charge is -2.24. The molecule has 112 valence electrons. The number of hydrogen-bond acceptors (Lipinski definition) is 2. The zero-order valence-corrected chi connectivity index (χ0v) is 13.5. The Morgan fingerprint density at radius 1 is 1.00 bits per heavy atom. The molecule has 0 aromatic heterocycles. The summed E-state index contributed by atoms with van der Waals surface area (Å²) in [7, 11) is 0. The molecule has 2 nitrogen and oxygen atoms in total. The van der Waals surface area contributed by atoms with Gasteiger partial charge in [0, 0.05) is 5.92 Å². The van der Waals surface area contributed by atoms with Crippen LogP contribution < -0.4 is 0 Å². The van der Waals surface area contributed by atoms with Gasteiger partial charge in [0.05, 0.1) is 6.54 Å². The average Bonchev–Trinajstić information content (AvgIpc) is 2.85. The second-order valence-corrected chi connectivity index (χ2v) is 7.09. The summed E-state index contributed by atoms with van der Waals surface area (Å²) in [5, 5.41) is 0. The second kappa shape index (κ2) is 8.73. The van der Waals surface area contributed by atoms with Crippen LogP contribution in [0.3, 0.4) is 0 Å². The first-order valence-corrected chi connectivity index (χ1v) is 8.24. The number of Topliss-reactive ketones (excluding diaryl/α,β-unsaturated/α-hetero) is 1. The fourth-order valence-electron chi connectivity index (χ4n) is 2.75. The highest BCUT2D eigenvalue weighted by molar-refractivity contribution is 5.83.